The molecule has 0 atom stereocenters. The first-order chi connectivity index (χ1) is 12.6. The second-order valence-corrected chi connectivity index (χ2v) is 5.39. The average molecular weight is 404 g/mol. The average Bonchev–Trinajstić information content (AvgIpc) is 2.60. The van der Waals surface area contributed by atoms with E-state index < -0.39 is 40.2 Å². The zero-order chi connectivity index (χ0) is 20.2. The first-order valence-corrected chi connectivity index (χ1v) is 7.40. The molecule has 142 valence electrons. The third kappa shape index (κ3) is 5.38. The van der Waals surface area contributed by atoms with Crippen LogP contribution < -0.4 is 5.32 Å². The van der Waals surface area contributed by atoms with Gasteiger partial charge in [0, 0.05) is 18.3 Å². The Kier molecular flexibility index (Phi) is 5.95. The SMILES string of the molecule is O=C(COC(=O)c1cccc([N+](=O)[O-])c1)Nc1ncc(C(F)(F)F)cc1Cl. The summed E-state index contributed by atoms with van der Waals surface area (Å²) in [4.78, 5) is 36.9. The summed E-state index contributed by atoms with van der Waals surface area (Å²) >= 11 is 5.64. The van der Waals surface area contributed by atoms with Crippen LogP contribution in [0.3, 0.4) is 0 Å². The van der Waals surface area contributed by atoms with Crippen LogP contribution in [0.2, 0.25) is 5.02 Å². The van der Waals surface area contributed by atoms with E-state index in [1.807, 2.05) is 0 Å². The second kappa shape index (κ2) is 7.99. The fourth-order valence-electron chi connectivity index (χ4n) is 1.81. The van der Waals surface area contributed by atoms with Crippen molar-refractivity contribution in [2.75, 3.05) is 11.9 Å². The van der Waals surface area contributed by atoms with Crippen molar-refractivity contribution in [2.45, 2.75) is 6.18 Å². The first kappa shape index (κ1) is 20.1. The van der Waals surface area contributed by atoms with Crippen molar-refractivity contribution in [3.05, 3.63) is 62.8 Å². The number of pyridine rings is 1. The Morgan fingerprint density at radius 3 is 2.59 bits per heavy atom. The zero-order valence-electron chi connectivity index (χ0n) is 13.1. The minimum absolute atomic E-state index is 0.150. The summed E-state index contributed by atoms with van der Waals surface area (Å²) in [5.41, 5.74) is -1.58. The minimum Gasteiger partial charge on any atom is -0.452 e. The van der Waals surface area contributed by atoms with E-state index in [1.54, 1.807) is 0 Å². The van der Waals surface area contributed by atoms with Gasteiger partial charge in [0.1, 0.15) is 0 Å². The number of carbonyl (C=O) groups excluding carboxylic acids is 2. The second-order valence-electron chi connectivity index (χ2n) is 4.98. The Balaban J connectivity index is 1.97. The number of nitrogens with zero attached hydrogens (tertiary/aromatic N) is 2. The van der Waals surface area contributed by atoms with Gasteiger partial charge in [0.25, 0.3) is 11.6 Å². The van der Waals surface area contributed by atoms with Gasteiger partial charge >= 0.3 is 12.1 Å². The fraction of sp³-hybridized carbons (Fsp3) is 0.133. The number of nitro groups is 1. The molecule has 0 unspecified atom stereocenters. The van der Waals surface area contributed by atoms with E-state index in [2.05, 4.69) is 10.3 Å². The molecule has 2 rings (SSSR count). The van der Waals surface area contributed by atoms with Gasteiger partial charge in [-0.05, 0) is 12.1 Å². The molecule has 27 heavy (non-hydrogen) atoms. The van der Waals surface area contributed by atoms with Crippen molar-refractivity contribution in [1.82, 2.24) is 4.98 Å². The number of aromatic nitrogens is 1. The summed E-state index contributed by atoms with van der Waals surface area (Å²) in [7, 11) is 0. The Hall–Kier alpha value is -3.21. The number of carbonyl (C=O) groups is 2. The Bertz CT molecular complexity index is 905. The minimum atomic E-state index is -4.65. The summed E-state index contributed by atoms with van der Waals surface area (Å²) in [5, 5.41) is 12.3. The number of rotatable bonds is 5. The van der Waals surface area contributed by atoms with Crippen molar-refractivity contribution < 1.29 is 32.4 Å². The number of amides is 1. The molecular formula is C15H9ClF3N3O5. The Morgan fingerprint density at radius 1 is 1.30 bits per heavy atom. The molecule has 1 amide bonds. The number of ether oxygens (including phenoxy) is 1. The van der Waals surface area contributed by atoms with Gasteiger partial charge in [0.05, 0.1) is 21.1 Å². The quantitative estimate of drug-likeness (QED) is 0.465. The molecule has 0 saturated carbocycles. The van der Waals surface area contributed by atoms with Gasteiger partial charge < -0.3 is 10.1 Å². The van der Waals surface area contributed by atoms with Crippen molar-refractivity contribution in [1.29, 1.82) is 0 Å². The molecule has 0 spiro atoms. The largest absolute Gasteiger partial charge is 0.452 e. The van der Waals surface area contributed by atoms with Crippen LogP contribution in [-0.4, -0.2) is 28.4 Å². The lowest BCUT2D eigenvalue weighted by atomic mass is 10.2. The number of anilines is 1. The maximum absolute atomic E-state index is 12.5. The van der Waals surface area contributed by atoms with E-state index in [-0.39, 0.29) is 17.1 Å². The van der Waals surface area contributed by atoms with Crippen LogP contribution >= 0.6 is 11.6 Å². The molecule has 8 nitrogen and oxygen atoms in total. The summed E-state index contributed by atoms with van der Waals surface area (Å²) < 4.78 is 42.3. The molecule has 1 heterocycles. The van der Waals surface area contributed by atoms with Crippen LogP contribution in [0.4, 0.5) is 24.7 Å². The smallest absolute Gasteiger partial charge is 0.417 e. The maximum atomic E-state index is 12.5. The highest BCUT2D eigenvalue weighted by Crippen LogP contribution is 2.32. The number of hydrogen-bond acceptors (Lipinski definition) is 6. The van der Waals surface area contributed by atoms with Crippen molar-refractivity contribution in [2.24, 2.45) is 0 Å². The monoisotopic (exact) mass is 403 g/mol. The van der Waals surface area contributed by atoms with Crippen LogP contribution in [0, 0.1) is 10.1 Å². The van der Waals surface area contributed by atoms with Gasteiger partial charge in [-0.25, -0.2) is 9.78 Å². The molecule has 1 aromatic heterocycles. The molecule has 12 heteroatoms. The number of nitrogens with one attached hydrogen (secondary N) is 1. The Labute approximate surface area is 154 Å². The van der Waals surface area contributed by atoms with Gasteiger partial charge in [-0.15, -0.1) is 0 Å². The number of hydrogen-bond donors (Lipinski definition) is 1. The van der Waals surface area contributed by atoms with Gasteiger partial charge in [-0.2, -0.15) is 13.2 Å². The number of nitro benzene ring substituents is 1. The fourth-order valence-corrected chi connectivity index (χ4v) is 2.03. The van der Waals surface area contributed by atoms with Crippen LogP contribution in [0.5, 0.6) is 0 Å². The lowest BCUT2D eigenvalue weighted by Gasteiger charge is -2.10. The number of alkyl halides is 3. The third-order valence-electron chi connectivity index (χ3n) is 3.05. The molecule has 0 fully saturated rings. The number of benzene rings is 1. The topological polar surface area (TPSA) is 111 Å². The summed E-state index contributed by atoms with van der Waals surface area (Å²) in [5.74, 6) is -2.26. The maximum Gasteiger partial charge on any atom is 0.417 e. The highest BCUT2D eigenvalue weighted by Gasteiger charge is 2.31. The normalized spacial score (nSPS) is 11.0. The standard InChI is InChI=1S/C15H9ClF3N3O5/c16-11-5-9(15(17,18)19)6-20-13(11)21-12(23)7-27-14(24)8-2-1-3-10(4-8)22(25)26/h1-6H,7H2,(H,20,21,23). The third-order valence-corrected chi connectivity index (χ3v) is 3.34. The molecule has 1 N–H and O–H groups in total. The lowest BCUT2D eigenvalue weighted by molar-refractivity contribution is -0.384. The summed E-state index contributed by atoms with van der Waals surface area (Å²) in [6.07, 6.45) is -4.16. The Morgan fingerprint density at radius 2 is 2.00 bits per heavy atom. The highest BCUT2D eigenvalue weighted by molar-refractivity contribution is 6.33. The van der Waals surface area contributed by atoms with Crippen molar-refractivity contribution in [3.63, 3.8) is 0 Å². The predicted octanol–water partition coefficient (Wildman–Crippen LogP) is 3.46. The van der Waals surface area contributed by atoms with E-state index >= 15 is 0 Å². The van der Waals surface area contributed by atoms with E-state index in [0.29, 0.717) is 12.3 Å². The van der Waals surface area contributed by atoms with Crippen LogP contribution in [0.25, 0.3) is 0 Å². The first-order valence-electron chi connectivity index (χ1n) is 7.02. The molecule has 0 bridgehead atoms. The molecule has 2 aromatic rings. The highest BCUT2D eigenvalue weighted by atomic mass is 35.5. The summed E-state index contributed by atoms with van der Waals surface area (Å²) in [6, 6.07) is 5.23. The van der Waals surface area contributed by atoms with Crippen LogP contribution in [-0.2, 0) is 15.7 Å². The van der Waals surface area contributed by atoms with Crippen LogP contribution in [0.15, 0.2) is 36.5 Å². The zero-order valence-corrected chi connectivity index (χ0v) is 13.9. The van der Waals surface area contributed by atoms with E-state index in [9.17, 15) is 32.9 Å². The molecule has 0 saturated heterocycles. The van der Waals surface area contributed by atoms with E-state index in [0.717, 1.165) is 6.07 Å². The van der Waals surface area contributed by atoms with E-state index in [1.165, 1.54) is 18.2 Å². The van der Waals surface area contributed by atoms with Gasteiger partial charge in [0.2, 0.25) is 0 Å². The van der Waals surface area contributed by atoms with Gasteiger partial charge in [0.15, 0.2) is 12.4 Å². The predicted molar refractivity (Wildman–Crippen MR) is 86.3 cm³/mol. The van der Waals surface area contributed by atoms with Gasteiger partial charge in [-0.3, -0.25) is 14.9 Å². The molecule has 1 aromatic carbocycles. The van der Waals surface area contributed by atoms with Crippen LogP contribution in [0.1, 0.15) is 15.9 Å². The number of halogens is 4. The van der Waals surface area contributed by atoms with Crippen molar-refractivity contribution >= 4 is 35.0 Å². The molecule has 0 aliphatic rings. The lowest BCUT2D eigenvalue weighted by Crippen LogP contribution is -2.22. The molecule has 0 aliphatic carbocycles. The number of esters is 1. The molecule has 0 aliphatic heterocycles. The molecule has 0 radical (unpaired) electrons. The van der Waals surface area contributed by atoms with Crippen molar-refractivity contribution in [3.8, 4) is 0 Å². The van der Waals surface area contributed by atoms with E-state index in [4.69, 9.17) is 16.3 Å². The van der Waals surface area contributed by atoms with Gasteiger partial charge in [-0.1, -0.05) is 17.7 Å². The summed E-state index contributed by atoms with van der Waals surface area (Å²) in [6.45, 7) is -0.805. The number of non-ortho nitro benzene ring substituents is 1. The molecular weight excluding hydrogens is 395 g/mol.